The van der Waals surface area contributed by atoms with E-state index >= 15 is 0 Å². The lowest BCUT2D eigenvalue weighted by Gasteiger charge is -2.19. The molecule has 0 saturated carbocycles. The van der Waals surface area contributed by atoms with Crippen LogP contribution >= 0.6 is 11.6 Å². The summed E-state index contributed by atoms with van der Waals surface area (Å²) in [6.07, 6.45) is -1.61. The maximum atomic E-state index is 12.0. The van der Waals surface area contributed by atoms with Crippen molar-refractivity contribution in [1.29, 1.82) is 0 Å². The number of alkyl halides is 2. The van der Waals surface area contributed by atoms with Gasteiger partial charge in [0.2, 0.25) is 5.91 Å². The van der Waals surface area contributed by atoms with Crippen molar-refractivity contribution in [2.45, 2.75) is 25.3 Å². The summed E-state index contributed by atoms with van der Waals surface area (Å²) in [6, 6.07) is 3.49. The highest BCUT2D eigenvalue weighted by atomic mass is 35.5. The largest absolute Gasteiger partial charge is 0.375 e. The molecule has 0 bridgehead atoms. The smallest absolute Gasteiger partial charge is 0.261 e. The summed E-state index contributed by atoms with van der Waals surface area (Å²) in [7, 11) is 1.77. The van der Waals surface area contributed by atoms with Crippen molar-refractivity contribution in [3.63, 3.8) is 0 Å². The molecule has 7 heteroatoms. The van der Waals surface area contributed by atoms with Crippen LogP contribution in [0.3, 0.4) is 0 Å². The van der Waals surface area contributed by atoms with Crippen molar-refractivity contribution in [1.82, 2.24) is 5.32 Å². The number of benzene rings is 1. The Morgan fingerprint density at radius 2 is 2.24 bits per heavy atom. The van der Waals surface area contributed by atoms with Crippen LogP contribution in [0.15, 0.2) is 12.1 Å². The zero-order valence-corrected chi connectivity index (χ0v) is 12.3. The molecule has 1 aromatic carbocycles. The van der Waals surface area contributed by atoms with Crippen LogP contribution in [0.1, 0.15) is 23.6 Å². The van der Waals surface area contributed by atoms with Crippen LogP contribution < -0.4 is 10.6 Å². The predicted molar refractivity (Wildman–Crippen MR) is 77.0 cm³/mol. The summed E-state index contributed by atoms with van der Waals surface area (Å²) < 4.78 is 28.9. The van der Waals surface area contributed by atoms with Crippen LogP contribution in [0.5, 0.6) is 0 Å². The molecule has 1 atom stereocenters. The van der Waals surface area contributed by atoms with Crippen molar-refractivity contribution in [2.24, 2.45) is 0 Å². The van der Waals surface area contributed by atoms with Crippen LogP contribution in [0, 0.1) is 0 Å². The number of nitrogens with one attached hydrogen (secondary N) is 2. The molecule has 0 saturated heterocycles. The van der Waals surface area contributed by atoms with Crippen LogP contribution in [-0.2, 0) is 16.0 Å². The van der Waals surface area contributed by atoms with Crippen molar-refractivity contribution in [3.05, 3.63) is 28.3 Å². The van der Waals surface area contributed by atoms with Crippen LogP contribution in [0.25, 0.3) is 0 Å². The van der Waals surface area contributed by atoms with Gasteiger partial charge in [-0.05, 0) is 30.7 Å². The van der Waals surface area contributed by atoms with E-state index in [-0.39, 0.29) is 18.6 Å². The molecule has 0 fully saturated rings. The second-order valence-corrected chi connectivity index (χ2v) is 5.26. The summed E-state index contributed by atoms with van der Waals surface area (Å²) in [5, 5.41) is 6.36. The predicted octanol–water partition coefficient (Wildman–Crippen LogP) is 2.77. The van der Waals surface area contributed by atoms with Gasteiger partial charge in [-0.25, -0.2) is 8.78 Å². The fraction of sp³-hybridized carbons (Fsp3) is 0.500. The molecule has 1 amide bonds. The lowest BCUT2D eigenvalue weighted by molar-refractivity contribution is -0.115. The molecule has 4 nitrogen and oxygen atoms in total. The van der Waals surface area contributed by atoms with Gasteiger partial charge in [-0.3, -0.25) is 4.79 Å². The van der Waals surface area contributed by atoms with E-state index in [1.807, 2.05) is 6.07 Å². The maximum Gasteiger partial charge on any atom is 0.261 e. The van der Waals surface area contributed by atoms with Crippen LogP contribution in [0.4, 0.5) is 14.5 Å². The van der Waals surface area contributed by atoms with Crippen molar-refractivity contribution in [2.75, 3.05) is 25.6 Å². The molecule has 116 valence electrons. The van der Waals surface area contributed by atoms with E-state index in [1.165, 1.54) is 0 Å². The van der Waals surface area contributed by atoms with Gasteiger partial charge in [-0.2, -0.15) is 0 Å². The normalized spacial score (nSPS) is 15.2. The Kier molecular flexibility index (Phi) is 5.50. The lowest BCUT2D eigenvalue weighted by Crippen LogP contribution is -2.19. The number of amides is 1. The number of halogens is 3. The fourth-order valence-electron chi connectivity index (χ4n) is 2.36. The third-order valence-corrected chi connectivity index (χ3v) is 3.69. The third kappa shape index (κ3) is 4.12. The standard InChI is InChI=1S/C14H17ClF2N2O2/c1-18-11(2-3-21-7-13(16)17)9-4-8-5-14(20)19-12(8)6-10(9)15/h4,6,11,13,18H,2-3,5,7H2,1H3,(H,19,20). The number of hydrogen-bond acceptors (Lipinski definition) is 3. The number of carbonyl (C=O) groups excluding carboxylic acids is 1. The summed E-state index contributed by atoms with van der Waals surface area (Å²) >= 11 is 6.24. The van der Waals surface area contributed by atoms with E-state index in [1.54, 1.807) is 13.1 Å². The second kappa shape index (κ2) is 7.15. The highest BCUT2D eigenvalue weighted by Gasteiger charge is 2.22. The van der Waals surface area contributed by atoms with Gasteiger partial charge in [-0.1, -0.05) is 17.7 Å². The minimum Gasteiger partial charge on any atom is -0.375 e. The lowest BCUT2D eigenvalue weighted by atomic mass is 10.00. The van der Waals surface area contributed by atoms with Gasteiger partial charge in [0.15, 0.2) is 0 Å². The zero-order valence-electron chi connectivity index (χ0n) is 11.6. The SMILES string of the molecule is CNC(CCOCC(F)F)c1cc2c(cc1Cl)NC(=O)C2. The number of fused-ring (bicyclic) bond motifs is 1. The quantitative estimate of drug-likeness (QED) is 0.760. The Hall–Kier alpha value is -1.24. The van der Waals surface area contributed by atoms with Crippen molar-refractivity contribution in [3.8, 4) is 0 Å². The molecule has 1 aromatic rings. The summed E-state index contributed by atoms with van der Waals surface area (Å²) in [5.74, 6) is -0.0560. The highest BCUT2D eigenvalue weighted by molar-refractivity contribution is 6.32. The monoisotopic (exact) mass is 318 g/mol. The first-order chi connectivity index (χ1) is 10.0. The Morgan fingerprint density at radius 1 is 1.48 bits per heavy atom. The van der Waals surface area contributed by atoms with E-state index in [0.29, 0.717) is 17.9 Å². The van der Waals surface area contributed by atoms with E-state index < -0.39 is 13.0 Å². The Labute approximate surface area is 126 Å². The molecule has 2 N–H and O–H groups in total. The maximum absolute atomic E-state index is 12.0. The first-order valence-electron chi connectivity index (χ1n) is 6.66. The molecule has 0 aromatic heterocycles. The number of hydrogen-bond donors (Lipinski definition) is 2. The topological polar surface area (TPSA) is 50.4 Å². The van der Waals surface area contributed by atoms with Gasteiger partial charge in [0.05, 0.1) is 6.42 Å². The number of rotatable bonds is 7. The minimum atomic E-state index is -2.46. The molecule has 0 radical (unpaired) electrons. The van der Waals surface area contributed by atoms with E-state index in [9.17, 15) is 13.6 Å². The first-order valence-corrected chi connectivity index (χ1v) is 7.04. The molecule has 1 unspecified atom stereocenters. The average molecular weight is 319 g/mol. The van der Waals surface area contributed by atoms with Gasteiger partial charge < -0.3 is 15.4 Å². The van der Waals surface area contributed by atoms with Gasteiger partial charge in [0, 0.05) is 23.4 Å². The summed E-state index contributed by atoms with van der Waals surface area (Å²) in [6.45, 7) is -0.354. The average Bonchev–Trinajstić information content (AvgIpc) is 2.77. The molecule has 0 spiro atoms. The molecule has 1 aliphatic rings. The van der Waals surface area contributed by atoms with E-state index in [4.69, 9.17) is 16.3 Å². The minimum absolute atomic E-state index is 0.0560. The fourth-order valence-corrected chi connectivity index (χ4v) is 2.66. The van der Waals surface area contributed by atoms with Crippen LogP contribution in [-0.4, -0.2) is 32.6 Å². The molecule has 1 aliphatic heterocycles. The first kappa shape index (κ1) is 16.1. The molecule has 1 heterocycles. The van der Waals surface area contributed by atoms with Crippen molar-refractivity contribution >= 4 is 23.2 Å². The van der Waals surface area contributed by atoms with E-state index in [2.05, 4.69) is 10.6 Å². The molecule has 2 rings (SSSR count). The molecule has 21 heavy (non-hydrogen) atoms. The van der Waals surface area contributed by atoms with Gasteiger partial charge >= 0.3 is 0 Å². The Bertz CT molecular complexity index is 526. The zero-order chi connectivity index (χ0) is 15.4. The molecular formula is C14H17ClF2N2O2. The Balaban J connectivity index is 2.04. The van der Waals surface area contributed by atoms with Crippen molar-refractivity contribution < 1.29 is 18.3 Å². The number of carbonyl (C=O) groups is 1. The van der Waals surface area contributed by atoms with Gasteiger partial charge in [0.1, 0.15) is 6.61 Å². The third-order valence-electron chi connectivity index (χ3n) is 3.37. The highest BCUT2D eigenvalue weighted by Crippen LogP contribution is 2.33. The van der Waals surface area contributed by atoms with Crippen LogP contribution in [0.2, 0.25) is 5.02 Å². The summed E-state index contributed by atoms with van der Waals surface area (Å²) in [5.41, 5.74) is 2.47. The van der Waals surface area contributed by atoms with Gasteiger partial charge in [-0.15, -0.1) is 0 Å². The van der Waals surface area contributed by atoms with E-state index in [0.717, 1.165) is 16.8 Å². The number of anilines is 1. The second-order valence-electron chi connectivity index (χ2n) is 4.85. The molecular weight excluding hydrogens is 302 g/mol. The number of ether oxygens (including phenoxy) is 1. The van der Waals surface area contributed by atoms with Gasteiger partial charge in [0.25, 0.3) is 6.43 Å². The summed E-state index contributed by atoms with van der Waals surface area (Å²) in [4.78, 5) is 11.4. The molecule has 0 aliphatic carbocycles. The Morgan fingerprint density at radius 3 is 2.90 bits per heavy atom.